The Bertz CT molecular complexity index is 795. The molecule has 0 saturated carbocycles. The van der Waals surface area contributed by atoms with Crippen molar-refractivity contribution in [1.82, 2.24) is 0 Å². The molecule has 1 heterocycles. The molecule has 0 aliphatic carbocycles. The minimum atomic E-state index is -3.61. The van der Waals surface area contributed by atoms with Crippen LogP contribution in [0.25, 0.3) is 0 Å². The maximum absolute atomic E-state index is 13.9. The molecule has 0 fully saturated rings. The van der Waals surface area contributed by atoms with E-state index in [1.165, 1.54) is 0 Å². The monoisotopic (exact) mass is 391 g/mol. The van der Waals surface area contributed by atoms with Gasteiger partial charge in [0.05, 0.1) is 12.2 Å². The van der Waals surface area contributed by atoms with Crippen LogP contribution in [0.3, 0.4) is 0 Å². The first-order valence-electron chi connectivity index (χ1n) is 9.05. The molecule has 3 rings (SSSR count). The number of para-hydroxylation sites is 2. The lowest BCUT2D eigenvalue weighted by molar-refractivity contribution is 0.137. The van der Waals surface area contributed by atoms with E-state index in [4.69, 9.17) is 18.5 Å². The fourth-order valence-electron chi connectivity index (χ4n) is 2.92. The molecule has 146 valence electrons. The average molecular weight is 391 g/mol. The van der Waals surface area contributed by atoms with Crippen LogP contribution in [0, 0.1) is 0 Å². The number of fused-ring (bicyclic) bond motifs is 1. The molecule has 2 aromatic carbocycles. The fraction of sp³-hybridized carbons (Fsp3) is 0.400. The Morgan fingerprint density at radius 1 is 0.926 bits per heavy atom. The van der Waals surface area contributed by atoms with Crippen LogP contribution in [-0.2, 0) is 13.6 Å². The quantitative estimate of drug-likeness (QED) is 0.594. The van der Waals surface area contributed by atoms with E-state index >= 15 is 0 Å². The SMILES string of the molecule is CC(C)OP(=O)(OC(C)C)[C@H](Nc1ccccc1)c1cccc2c1OCO2. The lowest BCUT2D eigenvalue weighted by Gasteiger charge is -2.31. The van der Waals surface area contributed by atoms with Gasteiger partial charge in [-0.3, -0.25) is 4.57 Å². The molecule has 1 aliphatic heterocycles. The minimum Gasteiger partial charge on any atom is -0.454 e. The Balaban J connectivity index is 2.09. The highest BCUT2D eigenvalue weighted by Crippen LogP contribution is 2.64. The van der Waals surface area contributed by atoms with E-state index in [9.17, 15) is 4.57 Å². The van der Waals surface area contributed by atoms with E-state index in [1.54, 1.807) is 0 Å². The van der Waals surface area contributed by atoms with E-state index in [0.29, 0.717) is 17.1 Å². The Hall–Kier alpha value is -2.01. The molecule has 0 bridgehead atoms. The average Bonchev–Trinajstić information content (AvgIpc) is 3.08. The largest absolute Gasteiger partial charge is 0.454 e. The highest BCUT2D eigenvalue weighted by atomic mass is 31.2. The van der Waals surface area contributed by atoms with Crippen molar-refractivity contribution in [2.45, 2.75) is 45.7 Å². The molecular weight excluding hydrogens is 365 g/mol. The molecule has 0 aromatic heterocycles. The van der Waals surface area contributed by atoms with Gasteiger partial charge in [-0.15, -0.1) is 0 Å². The normalized spacial score (nSPS) is 14.6. The first-order valence-corrected chi connectivity index (χ1v) is 10.7. The van der Waals surface area contributed by atoms with Crippen LogP contribution in [-0.4, -0.2) is 19.0 Å². The Morgan fingerprint density at radius 2 is 1.59 bits per heavy atom. The van der Waals surface area contributed by atoms with Gasteiger partial charge in [0.25, 0.3) is 0 Å². The van der Waals surface area contributed by atoms with Gasteiger partial charge >= 0.3 is 7.60 Å². The summed E-state index contributed by atoms with van der Waals surface area (Å²) in [4.78, 5) is 0. The van der Waals surface area contributed by atoms with E-state index in [1.807, 2.05) is 76.2 Å². The summed E-state index contributed by atoms with van der Waals surface area (Å²) in [6.45, 7) is 7.48. The van der Waals surface area contributed by atoms with Gasteiger partial charge in [0.1, 0.15) is 0 Å². The van der Waals surface area contributed by atoms with E-state index in [0.717, 1.165) is 5.69 Å². The van der Waals surface area contributed by atoms with Gasteiger partial charge in [0, 0.05) is 11.3 Å². The number of anilines is 1. The van der Waals surface area contributed by atoms with Gasteiger partial charge in [-0.2, -0.15) is 0 Å². The molecule has 1 aliphatic rings. The third-order valence-corrected chi connectivity index (χ3v) is 6.30. The van der Waals surface area contributed by atoms with Crippen LogP contribution in [0.1, 0.15) is 39.0 Å². The van der Waals surface area contributed by atoms with Crippen LogP contribution >= 0.6 is 7.60 Å². The van der Waals surface area contributed by atoms with E-state index in [-0.39, 0.29) is 19.0 Å². The van der Waals surface area contributed by atoms with Crippen molar-refractivity contribution in [3.05, 3.63) is 54.1 Å². The van der Waals surface area contributed by atoms with Crippen molar-refractivity contribution >= 4 is 13.3 Å². The van der Waals surface area contributed by atoms with Crippen molar-refractivity contribution in [1.29, 1.82) is 0 Å². The summed E-state index contributed by atoms with van der Waals surface area (Å²) in [7, 11) is -3.61. The second-order valence-electron chi connectivity index (χ2n) is 6.84. The molecule has 0 saturated heterocycles. The van der Waals surface area contributed by atoms with Gasteiger partial charge in [-0.05, 0) is 45.9 Å². The van der Waals surface area contributed by atoms with Crippen molar-refractivity contribution in [2.24, 2.45) is 0 Å². The number of ether oxygens (including phenoxy) is 2. The van der Waals surface area contributed by atoms with Crippen molar-refractivity contribution in [2.75, 3.05) is 12.1 Å². The Labute approximate surface area is 160 Å². The highest BCUT2D eigenvalue weighted by molar-refractivity contribution is 7.54. The van der Waals surface area contributed by atoms with E-state index in [2.05, 4.69) is 5.32 Å². The molecule has 0 spiro atoms. The lowest BCUT2D eigenvalue weighted by Crippen LogP contribution is -2.19. The molecule has 0 radical (unpaired) electrons. The minimum absolute atomic E-state index is 0.130. The first-order chi connectivity index (χ1) is 12.9. The summed E-state index contributed by atoms with van der Waals surface area (Å²) in [6, 6.07) is 15.1. The third kappa shape index (κ3) is 4.64. The van der Waals surface area contributed by atoms with Crippen LogP contribution in [0.2, 0.25) is 0 Å². The fourth-order valence-corrected chi connectivity index (χ4v) is 5.24. The summed E-state index contributed by atoms with van der Waals surface area (Å²) in [5, 5.41) is 3.33. The maximum atomic E-state index is 13.9. The van der Waals surface area contributed by atoms with Crippen LogP contribution in [0.5, 0.6) is 11.5 Å². The van der Waals surface area contributed by atoms with Gasteiger partial charge < -0.3 is 23.8 Å². The molecule has 1 N–H and O–H groups in total. The summed E-state index contributed by atoms with van der Waals surface area (Å²) < 4.78 is 36.8. The summed E-state index contributed by atoms with van der Waals surface area (Å²) in [6.07, 6.45) is -0.549. The first kappa shape index (κ1) is 19.7. The second-order valence-corrected chi connectivity index (χ2v) is 8.86. The van der Waals surface area contributed by atoms with E-state index < -0.39 is 13.4 Å². The highest BCUT2D eigenvalue weighted by Gasteiger charge is 2.42. The second kappa shape index (κ2) is 8.34. The zero-order chi connectivity index (χ0) is 19.4. The van der Waals surface area contributed by atoms with Crippen molar-refractivity contribution < 1.29 is 23.1 Å². The zero-order valence-electron chi connectivity index (χ0n) is 16.0. The summed E-state index contributed by atoms with van der Waals surface area (Å²) in [5.41, 5.74) is 1.48. The predicted molar refractivity (Wildman–Crippen MR) is 105 cm³/mol. The topological polar surface area (TPSA) is 66.0 Å². The van der Waals surface area contributed by atoms with Gasteiger partial charge in [-0.1, -0.05) is 30.3 Å². The van der Waals surface area contributed by atoms with Crippen molar-refractivity contribution in [3.63, 3.8) is 0 Å². The predicted octanol–water partition coefficient (Wildman–Crippen LogP) is 5.57. The van der Waals surface area contributed by atoms with Crippen LogP contribution in [0.4, 0.5) is 5.69 Å². The number of hydrogen-bond donors (Lipinski definition) is 1. The number of rotatable bonds is 8. The van der Waals surface area contributed by atoms with Gasteiger partial charge in [0.15, 0.2) is 17.3 Å². The van der Waals surface area contributed by atoms with Gasteiger partial charge in [-0.25, -0.2) is 0 Å². The number of hydrogen-bond acceptors (Lipinski definition) is 6. The molecule has 0 unspecified atom stereocenters. The molecule has 2 aromatic rings. The molecule has 6 nitrogen and oxygen atoms in total. The standard InChI is InChI=1S/C20H26NO5P/c1-14(2)25-27(22,26-15(3)4)20(21-16-9-6-5-7-10-16)17-11-8-12-18-19(17)24-13-23-18/h5-12,14-15,20-21H,13H2,1-4H3/t20-/m0/s1. The van der Waals surface area contributed by atoms with Gasteiger partial charge in [0.2, 0.25) is 6.79 Å². The maximum Gasteiger partial charge on any atom is 0.357 e. The van der Waals surface area contributed by atoms with Crippen LogP contribution in [0.15, 0.2) is 48.5 Å². The molecule has 0 amide bonds. The number of benzene rings is 2. The molecule has 27 heavy (non-hydrogen) atoms. The third-order valence-electron chi connectivity index (χ3n) is 3.83. The lowest BCUT2D eigenvalue weighted by atomic mass is 10.1. The zero-order valence-corrected chi connectivity index (χ0v) is 16.9. The molecule has 1 atom stereocenters. The van der Waals surface area contributed by atoms with Crippen molar-refractivity contribution in [3.8, 4) is 11.5 Å². The Morgan fingerprint density at radius 3 is 2.22 bits per heavy atom. The summed E-state index contributed by atoms with van der Waals surface area (Å²) >= 11 is 0. The molecule has 7 heteroatoms. The summed E-state index contributed by atoms with van der Waals surface area (Å²) in [5.74, 6) is 0.431. The smallest absolute Gasteiger partial charge is 0.357 e. The number of nitrogens with one attached hydrogen (secondary N) is 1. The Kier molecular flexibility index (Phi) is 6.10. The van der Waals surface area contributed by atoms with Crippen LogP contribution < -0.4 is 14.8 Å². The molecular formula is C20H26NO5P.